The van der Waals surface area contributed by atoms with Gasteiger partial charge in [0.25, 0.3) is 0 Å². The third-order valence-electron chi connectivity index (χ3n) is 0. The first-order valence-electron chi connectivity index (χ1n) is 1.71. The van der Waals surface area contributed by atoms with E-state index in [9.17, 15) is 0 Å². The maximum absolute atomic E-state index is 8.44. The summed E-state index contributed by atoms with van der Waals surface area (Å²) in [6.07, 6.45) is 0. The van der Waals surface area contributed by atoms with Crippen LogP contribution in [0.5, 0.6) is 0 Å². The molecule has 0 fully saturated rings. The van der Waals surface area contributed by atoms with Crippen LogP contribution in [0, 0.1) is 7.05 Å². The minimum Gasteiger partial charge on any atom is -0.308 e. The van der Waals surface area contributed by atoms with Gasteiger partial charge in [-0.25, -0.2) is 0 Å². The molecule has 0 amide bonds. The topological polar surface area (TPSA) is 54.5 Å². The number of hydrogen-bond donors (Lipinski definition) is 0. The van der Waals surface area contributed by atoms with E-state index in [4.69, 9.17) is 12.6 Å². The first kappa shape index (κ1) is 10.5. The van der Waals surface area contributed by atoms with Crippen molar-refractivity contribution in [3.63, 3.8) is 0 Å². The normalized spacial score (nSPS) is 7.50. The van der Waals surface area contributed by atoms with Gasteiger partial charge in [0.05, 0.1) is 0 Å². The van der Waals surface area contributed by atoms with Gasteiger partial charge >= 0.3 is 10.6 Å². The zero-order chi connectivity index (χ0) is 7.15. The van der Waals surface area contributed by atoms with Crippen molar-refractivity contribution in [3.05, 3.63) is 7.05 Å². The van der Waals surface area contributed by atoms with Crippen molar-refractivity contribution in [3.8, 4) is 0 Å². The van der Waals surface area contributed by atoms with E-state index in [0.29, 0.717) is 0 Å². The lowest BCUT2D eigenvalue weighted by molar-refractivity contribution is 0.557. The van der Waals surface area contributed by atoms with Gasteiger partial charge in [-0.2, -0.15) is 0 Å². The predicted octanol–water partition coefficient (Wildman–Crippen LogP) is -0.665. The van der Waals surface area contributed by atoms with E-state index in [0.717, 1.165) is 0 Å². The smallest absolute Gasteiger partial charge is 0.308 e. The average molecular weight is 138 g/mol. The third-order valence-corrected chi connectivity index (χ3v) is 0. The molecule has 0 aromatic carbocycles. The van der Waals surface area contributed by atoms with Crippen molar-refractivity contribution in [2.45, 2.75) is 0 Å². The molecule has 0 aliphatic heterocycles. The average Bonchev–Trinajstić information content (AvgIpc) is 1.25. The monoisotopic (exact) mass is 138 g/mol. The first-order chi connectivity index (χ1) is 3.46. The molecule has 4 nitrogen and oxygen atoms in total. The van der Waals surface area contributed by atoms with Crippen molar-refractivity contribution in [1.29, 1.82) is 0 Å². The molecule has 0 aliphatic carbocycles. The molecule has 0 aliphatic rings. The molecule has 0 saturated carbocycles. The van der Waals surface area contributed by atoms with Crippen LogP contribution in [-0.4, -0.2) is 31.6 Å². The van der Waals surface area contributed by atoms with Crippen molar-refractivity contribution in [2.75, 3.05) is 14.1 Å². The van der Waals surface area contributed by atoms with Crippen LogP contribution in [0.4, 0.5) is 0 Å². The fourth-order valence-corrected chi connectivity index (χ4v) is 0. The molecular formula is C3H8NO3S. The van der Waals surface area contributed by atoms with E-state index in [1.807, 2.05) is 14.1 Å². The van der Waals surface area contributed by atoms with Crippen LogP contribution in [-0.2, 0) is 10.6 Å². The Bertz CT molecular complexity index is 112. The van der Waals surface area contributed by atoms with Crippen LogP contribution in [0.2, 0.25) is 0 Å². The van der Waals surface area contributed by atoms with Crippen molar-refractivity contribution >= 4 is 10.6 Å². The molecule has 0 aromatic rings. The van der Waals surface area contributed by atoms with Gasteiger partial charge in [-0.05, 0) is 14.1 Å². The quantitative estimate of drug-likeness (QED) is 0.445. The van der Waals surface area contributed by atoms with Crippen LogP contribution in [0.3, 0.4) is 0 Å². The second-order valence-corrected chi connectivity index (χ2v) is 1.69. The van der Waals surface area contributed by atoms with Gasteiger partial charge in [-0.3, -0.25) is 0 Å². The van der Waals surface area contributed by atoms with E-state index >= 15 is 0 Å². The van der Waals surface area contributed by atoms with Gasteiger partial charge in [0.2, 0.25) is 0 Å². The molecule has 0 spiro atoms. The minimum atomic E-state index is -3.11. The summed E-state index contributed by atoms with van der Waals surface area (Å²) in [7, 11) is 4.14. The molecule has 0 rings (SSSR count). The standard InChI is InChI=1S/C3H8N.O3S/c2*1-4(2)3/h1H2,2-3H3;. The summed E-state index contributed by atoms with van der Waals surface area (Å²) in [5, 5.41) is 0. The minimum absolute atomic E-state index is 1.75. The Morgan fingerprint density at radius 1 is 1.25 bits per heavy atom. The maximum atomic E-state index is 8.44. The van der Waals surface area contributed by atoms with E-state index in [2.05, 4.69) is 7.05 Å². The zero-order valence-electron chi connectivity index (χ0n) is 4.79. The van der Waals surface area contributed by atoms with E-state index in [-0.39, 0.29) is 0 Å². The molecule has 0 unspecified atom stereocenters. The molecule has 0 heterocycles. The SMILES string of the molecule is O=S(=O)=O.[CH2]N(C)C. The summed E-state index contributed by atoms with van der Waals surface area (Å²) < 4.78 is 25.3. The molecule has 49 valence electrons. The Labute approximate surface area is 50.2 Å². The highest BCUT2D eigenvalue weighted by atomic mass is 32.2. The molecule has 0 aromatic heterocycles. The zero-order valence-corrected chi connectivity index (χ0v) is 5.60. The summed E-state index contributed by atoms with van der Waals surface area (Å²) in [6, 6.07) is 0. The summed E-state index contributed by atoms with van der Waals surface area (Å²) in [6.45, 7) is 0. The summed E-state index contributed by atoms with van der Waals surface area (Å²) in [5.74, 6) is 0. The maximum Gasteiger partial charge on any atom is 0.425 e. The van der Waals surface area contributed by atoms with Crippen LogP contribution in [0.25, 0.3) is 0 Å². The van der Waals surface area contributed by atoms with Crippen LogP contribution in [0.1, 0.15) is 0 Å². The fourth-order valence-electron chi connectivity index (χ4n) is 0. The summed E-state index contributed by atoms with van der Waals surface area (Å²) in [4.78, 5) is 1.75. The van der Waals surface area contributed by atoms with Gasteiger partial charge in [0.1, 0.15) is 0 Å². The molecule has 1 radical (unpaired) electrons. The molecule has 0 saturated heterocycles. The number of hydrogen-bond acceptors (Lipinski definition) is 4. The highest BCUT2D eigenvalue weighted by molar-refractivity contribution is 7.59. The highest BCUT2D eigenvalue weighted by Crippen LogP contribution is 1.53. The highest BCUT2D eigenvalue weighted by Gasteiger charge is 1.58. The van der Waals surface area contributed by atoms with E-state index in [1.54, 1.807) is 4.90 Å². The summed E-state index contributed by atoms with van der Waals surface area (Å²) >= 11 is 0. The lowest BCUT2D eigenvalue weighted by atomic mass is 11.0. The second-order valence-electron chi connectivity index (χ2n) is 1.28. The van der Waals surface area contributed by atoms with Gasteiger partial charge < -0.3 is 4.90 Å². The van der Waals surface area contributed by atoms with E-state index in [1.165, 1.54) is 0 Å². The molecule has 8 heavy (non-hydrogen) atoms. The molecule has 0 bridgehead atoms. The van der Waals surface area contributed by atoms with Gasteiger partial charge in [-0.15, -0.1) is 12.6 Å². The molecule has 5 heteroatoms. The third kappa shape index (κ3) is 664. The van der Waals surface area contributed by atoms with Crippen molar-refractivity contribution < 1.29 is 12.6 Å². The van der Waals surface area contributed by atoms with E-state index < -0.39 is 10.6 Å². The Morgan fingerprint density at radius 2 is 1.25 bits per heavy atom. The molecule has 0 atom stereocenters. The lowest BCUT2D eigenvalue weighted by Crippen LogP contribution is -1.95. The Morgan fingerprint density at radius 3 is 1.25 bits per heavy atom. The van der Waals surface area contributed by atoms with Gasteiger partial charge in [-0.1, -0.05) is 0 Å². The van der Waals surface area contributed by atoms with Crippen LogP contribution in [0.15, 0.2) is 0 Å². The van der Waals surface area contributed by atoms with Gasteiger partial charge in [0.15, 0.2) is 0 Å². The Kier molecular flexibility index (Phi) is 8.67. The first-order valence-corrected chi connectivity index (χ1v) is 2.71. The Hall–Kier alpha value is -0.420. The molecular weight excluding hydrogens is 130 g/mol. The second kappa shape index (κ2) is 6.58. The van der Waals surface area contributed by atoms with Crippen molar-refractivity contribution in [2.24, 2.45) is 0 Å². The number of rotatable bonds is 0. The largest absolute Gasteiger partial charge is 0.425 e. The predicted molar refractivity (Wildman–Crippen MR) is 28.7 cm³/mol. The van der Waals surface area contributed by atoms with Crippen LogP contribution >= 0.6 is 0 Å². The Balaban J connectivity index is 0. The number of nitrogens with zero attached hydrogens (tertiary/aromatic N) is 1. The van der Waals surface area contributed by atoms with Gasteiger partial charge in [0, 0.05) is 7.05 Å². The molecule has 0 N–H and O–H groups in total. The van der Waals surface area contributed by atoms with Crippen LogP contribution < -0.4 is 0 Å². The lowest BCUT2D eigenvalue weighted by Gasteiger charge is -1.89. The fraction of sp³-hybridized carbons (Fsp3) is 0.667. The van der Waals surface area contributed by atoms with Crippen molar-refractivity contribution in [1.82, 2.24) is 4.90 Å². The summed E-state index contributed by atoms with van der Waals surface area (Å²) in [5.41, 5.74) is 0.